The van der Waals surface area contributed by atoms with Crippen LogP contribution in [0.25, 0.3) is 0 Å². The molecule has 0 aromatic rings. The SMILES string of the molecule is C[C@]1(O)CC[C@@H]2[C@@H]3CCC4=CCCC[C@@H]4[C@@H]3CC[C@@]21C. The molecule has 4 rings (SSSR count). The molecule has 0 aliphatic heterocycles. The van der Waals surface area contributed by atoms with Crippen LogP contribution in [0.3, 0.4) is 0 Å². The smallest absolute Gasteiger partial charge is 0.0675 e. The summed E-state index contributed by atoms with van der Waals surface area (Å²) >= 11 is 0. The van der Waals surface area contributed by atoms with E-state index in [0.717, 1.165) is 30.1 Å². The van der Waals surface area contributed by atoms with Gasteiger partial charge in [0.25, 0.3) is 0 Å². The summed E-state index contributed by atoms with van der Waals surface area (Å²) in [7, 11) is 0. The first-order valence-corrected chi connectivity index (χ1v) is 8.94. The highest BCUT2D eigenvalue weighted by Crippen LogP contribution is 2.64. The quantitative estimate of drug-likeness (QED) is 0.635. The van der Waals surface area contributed by atoms with E-state index in [1.54, 1.807) is 0 Å². The Balaban J connectivity index is 1.65. The Morgan fingerprint density at radius 2 is 1.90 bits per heavy atom. The maximum absolute atomic E-state index is 10.9. The second kappa shape index (κ2) is 4.35. The maximum atomic E-state index is 10.9. The summed E-state index contributed by atoms with van der Waals surface area (Å²) in [5.41, 5.74) is 1.60. The lowest BCUT2D eigenvalue weighted by atomic mass is 9.51. The molecular weight excluding hydrogens is 244 g/mol. The molecule has 0 unspecified atom stereocenters. The van der Waals surface area contributed by atoms with Gasteiger partial charge in [0, 0.05) is 0 Å². The van der Waals surface area contributed by atoms with Crippen LogP contribution in [-0.4, -0.2) is 10.7 Å². The normalized spacial score (nSPS) is 54.6. The van der Waals surface area contributed by atoms with Crippen molar-refractivity contribution in [3.63, 3.8) is 0 Å². The van der Waals surface area contributed by atoms with Gasteiger partial charge in [-0.2, -0.15) is 0 Å². The van der Waals surface area contributed by atoms with Gasteiger partial charge in [0.05, 0.1) is 5.60 Å². The molecule has 0 aromatic carbocycles. The maximum Gasteiger partial charge on any atom is 0.0675 e. The van der Waals surface area contributed by atoms with Gasteiger partial charge in [-0.1, -0.05) is 18.6 Å². The molecule has 4 aliphatic rings. The Hall–Kier alpha value is -0.300. The number of rotatable bonds is 0. The third-order valence-corrected chi connectivity index (χ3v) is 7.94. The summed E-state index contributed by atoms with van der Waals surface area (Å²) in [6.45, 7) is 4.51. The van der Waals surface area contributed by atoms with Crippen molar-refractivity contribution < 1.29 is 5.11 Å². The molecule has 0 radical (unpaired) electrons. The highest BCUT2D eigenvalue weighted by molar-refractivity contribution is 5.19. The van der Waals surface area contributed by atoms with Crippen molar-refractivity contribution in [3.8, 4) is 0 Å². The fourth-order valence-corrected chi connectivity index (χ4v) is 6.55. The van der Waals surface area contributed by atoms with Crippen molar-refractivity contribution in [3.05, 3.63) is 11.6 Å². The van der Waals surface area contributed by atoms with Crippen molar-refractivity contribution >= 4 is 0 Å². The molecule has 3 saturated carbocycles. The average Bonchev–Trinajstić information content (AvgIpc) is 2.69. The molecule has 0 amide bonds. The summed E-state index contributed by atoms with van der Waals surface area (Å²) in [6.07, 6.45) is 14.5. The third kappa shape index (κ3) is 1.65. The fraction of sp³-hybridized carbons (Fsp3) is 0.895. The van der Waals surface area contributed by atoms with E-state index >= 15 is 0 Å². The second-order valence-electron chi connectivity index (χ2n) is 8.56. The van der Waals surface area contributed by atoms with Crippen LogP contribution in [0.4, 0.5) is 0 Å². The molecule has 0 heterocycles. The van der Waals surface area contributed by atoms with Crippen molar-refractivity contribution in [2.24, 2.45) is 29.1 Å². The average molecular weight is 274 g/mol. The van der Waals surface area contributed by atoms with Gasteiger partial charge in [-0.05, 0) is 93.8 Å². The monoisotopic (exact) mass is 274 g/mol. The van der Waals surface area contributed by atoms with Crippen molar-refractivity contribution in [1.29, 1.82) is 0 Å². The Morgan fingerprint density at radius 1 is 1.05 bits per heavy atom. The Kier molecular flexibility index (Phi) is 2.91. The van der Waals surface area contributed by atoms with Gasteiger partial charge in [0.1, 0.15) is 0 Å². The van der Waals surface area contributed by atoms with Gasteiger partial charge in [-0.25, -0.2) is 0 Å². The van der Waals surface area contributed by atoms with Crippen LogP contribution in [0, 0.1) is 29.1 Å². The van der Waals surface area contributed by atoms with Gasteiger partial charge in [-0.3, -0.25) is 0 Å². The molecule has 112 valence electrons. The van der Waals surface area contributed by atoms with Crippen LogP contribution in [0.5, 0.6) is 0 Å². The van der Waals surface area contributed by atoms with Gasteiger partial charge in [-0.15, -0.1) is 0 Å². The van der Waals surface area contributed by atoms with E-state index in [-0.39, 0.29) is 5.41 Å². The first-order valence-electron chi connectivity index (χ1n) is 8.94. The van der Waals surface area contributed by atoms with Crippen LogP contribution in [0.15, 0.2) is 11.6 Å². The fourth-order valence-electron chi connectivity index (χ4n) is 6.55. The number of hydrogen-bond donors (Lipinski definition) is 1. The number of aliphatic hydroxyl groups is 1. The molecule has 3 fully saturated rings. The van der Waals surface area contributed by atoms with E-state index in [9.17, 15) is 5.11 Å². The molecule has 0 saturated heterocycles. The Labute approximate surface area is 123 Å². The lowest BCUT2D eigenvalue weighted by Crippen LogP contribution is -2.51. The third-order valence-electron chi connectivity index (χ3n) is 7.94. The molecule has 4 aliphatic carbocycles. The van der Waals surface area contributed by atoms with Crippen molar-refractivity contribution in [1.82, 2.24) is 0 Å². The summed E-state index contributed by atoms with van der Waals surface area (Å²) in [5.74, 6) is 3.56. The molecule has 0 bridgehead atoms. The second-order valence-corrected chi connectivity index (χ2v) is 8.56. The van der Waals surface area contributed by atoms with Crippen LogP contribution in [0.2, 0.25) is 0 Å². The topological polar surface area (TPSA) is 20.2 Å². The standard InChI is InChI=1S/C19H30O/c1-18-11-9-15-14-6-4-3-5-13(14)7-8-16(15)17(18)10-12-19(18,2)20/h5,14-17,20H,3-4,6-12H2,1-2H3/t14-,15-,16+,17+,18-,19-/m0/s1. The number of allylic oxidation sites excluding steroid dienone is 2. The zero-order valence-electron chi connectivity index (χ0n) is 13.2. The Bertz CT molecular complexity index is 435. The van der Waals surface area contributed by atoms with Crippen LogP contribution >= 0.6 is 0 Å². The first-order chi connectivity index (χ1) is 9.53. The zero-order chi connectivity index (χ0) is 14.0. The zero-order valence-corrected chi connectivity index (χ0v) is 13.2. The lowest BCUT2D eigenvalue weighted by Gasteiger charge is -2.55. The van der Waals surface area contributed by atoms with Crippen molar-refractivity contribution in [2.45, 2.75) is 77.2 Å². The summed E-state index contributed by atoms with van der Waals surface area (Å²) in [5, 5.41) is 10.9. The van der Waals surface area contributed by atoms with E-state index in [1.165, 1.54) is 51.4 Å². The van der Waals surface area contributed by atoms with Crippen LogP contribution < -0.4 is 0 Å². The molecule has 0 aromatic heterocycles. The van der Waals surface area contributed by atoms with Gasteiger partial charge >= 0.3 is 0 Å². The molecule has 20 heavy (non-hydrogen) atoms. The Morgan fingerprint density at radius 3 is 2.75 bits per heavy atom. The van der Waals surface area contributed by atoms with E-state index in [4.69, 9.17) is 0 Å². The molecule has 0 spiro atoms. The highest BCUT2D eigenvalue weighted by Gasteiger charge is 2.60. The van der Waals surface area contributed by atoms with Gasteiger partial charge in [0.2, 0.25) is 0 Å². The van der Waals surface area contributed by atoms with Crippen LogP contribution in [-0.2, 0) is 0 Å². The van der Waals surface area contributed by atoms with Crippen molar-refractivity contribution in [2.75, 3.05) is 0 Å². The number of fused-ring (bicyclic) bond motifs is 5. The predicted octanol–water partition coefficient (Wildman–Crippen LogP) is 4.70. The predicted molar refractivity (Wildman–Crippen MR) is 82.3 cm³/mol. The summed E-state index contributed by atoms with van der Waals surface area (Å²) in [6, 6.07) is 0. The highest BCUT2D eigenvalue weighted by atomic mass is 16.3. The van der Waals surface area contributed by atoms with Gasteiger partial charge < -0.3 is 5.11 Å². The summed E-state index contributed by atoms with van der Waals surface area (Å²) < 4.78 is 0. The first kappa shape index (κ1) is 13.4. The number of hydrogen-bond acceptors (Lipinski definition) is 1. The minimum absolute atomic E-state index is 0.198. The minimum Gasteiger partial charge on any atom is -0.390 e. The molecular formula is C19H30O. The van der Waals surface area contributed by atoms with Gasteiger partial charge in [0.15, 0.2) is 0 Å². The molecule has 1 nitrogen and oxygen atoms in total. The van der Waals surface area contributed by atoms with Crippen LogP contribution in [0.1, 0.15) is 71.6 Å². The summed E-state index contributed by atoms with van der Waals surface area (Å²) in [4.78, 5) is 0. The molecule has 1 heteroatoms. The molecule has 6 atom stereocenters. The van der Waals surface area contributed by atoms with E-state index in [0.29, 0.717) is 0 Å². The van der Waals surface area contributed by atoms with E-state index in [1.807, 2.05) is 5.57 Å². The van der Waals surface area contributed by atoms with E-state index in [2.05, 4.69) is 19.9 Å². The lowest BCUT2D eigenvalue weighted by molar-refractivity contribution is -0.107. The van der Waals surface area contributed by atoms with E-state index < -0.39 is 5.60 Å². The minimum atomic E-state index is -0.411. The molecule has 1 N–H and O–H groups in total. The largest absolute Gasteiger partial charge is 0.390 e.